The Bertz CT molecular complexity index is 1180. The van der Waals surface area contributed by atoms with E-state index in [2.05, 4.69) is 20.4 Å². The molecule has 1 aliphatic heterocycles. The summed E-state index contributed by atoms with van der Waals surface area (Å²) in [6, 6.07) is 9.74. The first kappa shape index (κ1) is 25.0. The monoisotopic (exact) mass is 513 g/mol. The van der Waals surface area contributed by atoms with Crippen molar-refractivity contribution < 1.29 is 34.0 Å². The second-order valence-corrected chi connectivity index (χ2v) is 9.97. The first-order valence-electron chi connectivity index (χ1n) is 10.5. The number of nitrogens with one attached hydrogen (secondary N) is 1. The zero-order chi connectivity index (χ0) is 24.5. The van der Waals surface area contributed by atoms with E-state index >= 15 is 0 Å². The molecule has 1 saturated heterocycles. The number of aliphatic hydroxyl groups excluding tert-OH is 2. The molecular weight excluding hydrogens is 489 g/mol. The normalized spacial score (nSPS) is 23.9. The topological polar surface area (TPSA) is 172 Å². The lowest BCUT2D eigenvalue weighted by Crippen LogP contribution is -2.35. The molecule has 2 aromatic heterocycles. The number of hydrogen-bond donors (Lipinski definition) is 5. The van der Waals surface area contributed by atoms with Crippen molar-refractivity contribution in [3.8, 4) is 0 Å². The van der Waals surface area contributed by atoms with Gasteiger partial charge in [-0.05, 0) is 24.1 Å². The number of hydrogen-bond acceptors (Lipinski definition) is 9. The highest BCUT2D eigenvalue weighted by atomic mass is 35.5. The molecule has 1 aliphatic rings. The predicted molar refractivity (Wildman–Crippen MR) is 122 cm³/mol. The summed E-state index contributed by atoms with van der Waals surface area (Å²) in [4.78, 5) is 26.3. The molecule has 4 rings (SSSR count). The van der Waals surface area contributed by atoms with Gasteiger partial charge in [-0.1, -0.05) is 30.3 Å². The van der Waals surface area contributed by atoms with Gasteiger partial charge in [0, 0.05) is 6.04 Å². The summed E-state index contributed by atoms with van der Waals surface area (Å²) < 4.78 is 23.0. The van der Waals surface area contributed by atoms with Crippen LogP contribution in [0.1, 0.15) is 18.5 Å². The maximum atomic E-state index is 10.9. The van der Waals surface area contributed by atoms with E-state index in [4.69, 9.17) is 30.9 Å². The second kappa shape index (κ2) is 10.2. The number of rotatable bonds is 9. The van der Waals surface area contributed by atoms with Crippen LogP contribution in [-0.2, 0) is 20.6 Å². The average molecular weight is 514 g/mol. The molecule has 12 nitrogen and oxygen atoms in total. The van der Waals surface area contributed by atoms with E-state index in [1.165, 1.54) is 4.68 Å². The third-order valence-corrected chi connectivity index (χ3v) is 6.17. The molecule has 14 heteroatoms. The molecule has 0 aliphatic carbocycles. The van der Waals surface area contributed by atoms with Crippen molar-refractivity contribution >= 4 is 36.0 Å². The fourth-order valence-electron chi connectivity index (χ4n) is 3.77. The minimum Gasteiger partial charge on any atom is -0.388 e. The van der Waals surface area contributed by atoms with Crippen molar-refractivity contribution in [1.82, 2.24) is 19.7 Å². The summed E-state index contributed by atoms with van der Waals surface area (Å²) in [7, 11) is -4.35. The summed E-state index contributed by atoms with van der Waals surface area (Å²) in [5, 5.41) is 28.9. The Labute approximate surface area is 199 Å². The van der Waals surface area contributed by atoms with Crippen LogP contribution in [-0.4, -0.2) is 77.1 Å². The summed E-state index contributed by atoms with van der Waals surface area (Å²) in [5.74, 6) is 0.495. The van der Waals surface area contributed by atoms with Crippen molar-refractivity contribution in [2.75, 3.05) is 18.3 Å². The van der Waals surface area contributed by atoms with Crippen LogP contribution < -0.4 is 5.32 Å². The Balaban J connectivity index is 1.49. The molecule has 0 radical (unpaired) electrons. The second-order valence-electron chi connectivity index (χ2n) is 8.04. The maximum Gasteiger partial charge on any atom is 0.350 e. The van der Waals surface area contributed by atoms with E-state index in [-0.39, 0.29) is 24.5 Å². The summed E-state index contributed by atoms with van der Waals surface area (Å²) in [6.07, 6.45) is -3.63. The van der Waals surface area contributed by atoms with E-state index in [0.29, 0.717) is 16.9 Å². The zero-order valence-corrected chi connectivity index (χ0v) is 19.8. The number of anilines is 1. The Morgan fingerprint density at radius 1 is 1.21 bits per heavy atom. The fourth-order valence-corrected chi connectivity index (χ4v) is 4.28. The number of benzene rings is 1. The smallest absolute Gasteiger partial charge is 0.350 e. The SMILES string of the molecule is CC(Nc1nc(Cl)nc2c1cnn2C[C@H]1O[C@H](COCP(=O)(O)O)[C@@H](O)[C@H]1O)c1ccccc1. The molecule has 1 fully saturated rings. The maximum absolute atomic E-state index is 10.9. The summed E-state index contributed by atoms with van der Waals surface area (Å²) >= 11 is 6.16. The van der Waals surface area contributed by atoms with Gasteiger partial charge in [0.25, 0.3) is 0 Å². The lowest BCUT2D eigenvalue weighted by Gasteiger charge is -2.16. The molecule has 5 N–H and O–H groups in total. The third kappa shape index (κ3) is 5.73. The molecule has 0 spiro atoms. The van der Waals surface area contributed by atoms with Gasteiger partial charge in [-0.25, -0.2) is 4.68 Å². The van der Waals surface area contributed by atoms with Gasteiger partial charge in [0.1, 0.15) is 36.6 Å². The van der Waals surface area contributed by atoms with Gasteiger partial charge in [0.2, 0.25) is 5.28 Å². The Kier molecular flexibility index (Phi) is 7.51. The number of aliphatic hydroxyl groups is 2. The molecule has 1 unspecified atom stereocenters. The molecule has 5 atom stereocenters. The van der Waals surface area contributed by atoms with Crippen molar-refractivity contribution in [2.45, 2.75) is 43.9 Å². The van der Waals surface area contributed by atoms with Crippen molar-refractivity contribution in [3.05, 3.63) is 47.4 Å². The number of ether oxygens (including phenoxy) is 2. The standard InChI is InChI=1S/C20H25ClN5O7P/c1-11(12-5-3-2-4-6-12)23-18-13-7-22-26(19(13)25-20(21)24-18)8-14-16(27)17(28)15(33-14)9-32-10-34(29,30)31/h2-7,11,14-17,27-28H,8-10H2,1H3,(H,23,24,25)(H2,29,30,31)/t11?,14-,15-,16+,17-/m1/s1. The lowest BCUT2D eigenvalue weighted by atomic mass is 10.1. The van der Waals surface area contributed by atoms with Crippen LogP contribution in [0.5, 0.6) is 0 Å². The van der Waals surface area contributed by atoms with Crippen LogP contribution in [0.25, 0.3) is 11.0 Å². The third-order valence-electron chi connectivity index (χ3n) is 5.48. The van der Waals surface area contributed by atoms with Crippen molar-refractivity contribution in [2.24, 2.45) is 0 Å². The quantitative estimate of drug-likeness (QED) is 0.206. The largest absolute Gasteiger partial charge is 0.388 e. The van der Waals surface area contributed by atoms with Crippen molar-refractivity contribution in [1.29, 1.82) is 0 Å². The van der Waals surface area contributed by atoms with Crippen LogP contribution >= 0.6 is 19.2 Å². The van der Waals surface area contributed by atoms with Crippen LogP contribution in [0.2, 0.25) is 5.28 Å². The van der Waals surface area contributed by atoms with Gasteiger partial charge in [-0.15, -0.1) is 0 Å². The molecule has 0 bridgehead atoms. The molecule has 3 heterocycles. The zero-order valence-electron chi connectivity index (χ0n) is 18.1. The van der Waals surface area contributed by atoms with E-state index in [0.717, 1.165) is 5.56 Å². The minimum absolute atomic E-state index is 0.00801. The molecular formula is C20H25ClN5O7P. The Morgan fingerprint density at radius 2 is 1.91 bits per heavy atom. The highest BCUT2D eigenvalue weighted by Gasteiger charge is 2.43. The van der Waals surface area contributed by atoms with E-state index in [1.54, 1.807) is 6.20 Å². The van der Waals surface area contributed by atoms with Crippen molar-refractivity contribution in [3.63, 3.8) is 0 Å². The summed E-state index contributed by atoms with van der Waals surface area (Å²) in [5.41, 5.74) is 1.47. The minimum atomic E-state index is -4.35. The molecule has 1 aromatic carbocycles. The number of nitrogens with zero attached hydrogens (tertiary/aromatic N) is 4. The molecule has 0 amide bonds. The lowest BCUT2D eigenvalue weighted by molar-refractivity contribution is -0.0421. The van der Waals surface area contributed by atoms with E-state index in [1.807, 2.05) is 37.3 Å². The predicted octanol–water partition coefficient (Wildman–Crippen LogP) is 1.29. The van der Waals surface area contributed by atoms with Crippen LogP contribution in [0.4, 0.5) is 5.82 Å². The van der Waals surface area contributed by atoms with Gasteiger partial charge in [-0.2, -0.15) is 15.1 Å². The molecule has 34 heavy (non-hydrogen) atoms. The van der Waals surface area contributed by atoms with Crippen LogP contribution in [0.3, 0.4) is 0 Å². The molecule has 0 saturated carbocycles. The highest BCUT2D eigenvalue weighted by molar-refractivity contribution is 7.51. The first-order valence-corrected chi connectivity index (χ1v) is 12.6. The van der Waals surface area contributed by atoms with Gasteiger partial charge in [0.05, 0.1) is 24.7 Å². The average Bonchev–Trinajstić information content (AvgIpc) is 3.30. The molecule has 184 valence electrons. The van der Waals surface area contributed by atoms with Crippen LogP contribution in [0, 0.1) is 0 Å². The number of aromatic nitrogens is 4. The van der Waals surface area contributed by atoms with E-state index < -0.39 is 38.4 Å². The summed E-state index contributed by atoms with van der Waals surface area (Å²) in [6.45, 7) is 1.73. The number of fused-ring (bicyclic) bond motifs is 1. The Hall–Kier alpha value is -2.15. The van der Waals surface area contributed by atoms with Gasteiger partial charge < -0.3 is 34.8 Å². The fraction of sp³-hybridized carbons (Fsp3) is 0.450. The first-order chi connectivity index (χ1) is 16.1. The number of halogens is 1. The van der Waals surface area contributed by atoms with Gasteiger partial charge in [-0.3, -0.25) is 4.57 Å². The van der Waals surface area contributed by atoms with Crippen LogP contribution in [0.15, 0.2) is 36.5 Å². The van der Waals surface area contributed by atoms with Gasteiger partial charge >= 0.3 is 7.60 Å². The van der Waals surface area contributed by atoms with Gasteiger partial charge in [0.15, 0.2) is 5.65 Å². The molecule has 3 aromatic rings. The van der Waals surface area contributed by atoms with E-state index in [9.17, 15) is 14.8 Å². The Morgan fingerprint density at radius 3 is 2.62 bits per heavy atom. The highest BCUT2D eigenvalue weighted by Crippen LogP contribution is 2.34.